The third-order valence-corrected chi connectivity index (χ3v) is 3.18. The highest BCUT2D eigenvalue weighted by Crippen LogP contribution is 2.19. The number of furan rings is 1. The monoisotopic (exact) mass is 222 g/mol. The maximum atomic E-state index is 5.51. The Morgan fingerprint density at radius 2 is 2.40 bits per heavy atom. The molecule has 0 aliphatic carbocycles. The second-order valence-corrected chi connectivity index (χ2v) is 4.23. The molecule has 80 valence electrons. The van der Waals surface area contributed by atoms with Crippen LogP contribution in [0.1, 0.15) is 23.6 Å². The number of hydrogen-bond donors (Lipinski definition) is 2. The summed E-state index contributed by atoms with van der Waals surface area (Å²) >= 11 is 1.73. The molecule has 1 atom stereocenters. The van der Waals surface area contributed by atoms with E-state index in [4.69, 9.17) is 10.3 Å². The van der Waals surface area contributed by atoms with E-state index in [1.165, 1.54) is 5.56 Å². The van der Waals surface area contributed by atoms with Gasteiger partial charge in [-0.15, -0.1) is 0 Å². The van der Waals surface area contributed by atoms with Crippen LogP contribution in [0, 0.1) is 0 Å². The van der Waals surface area contributed by atoms with Crippen molar-refractivity contribution in [2.45, 2.75) is 18.9 Å². The molecule has 3 nitrogen and oxygen atoms in total. The van der Waals surface area contributed by atoms with Gasteiger partial charge in [-0.3, -0.25) is 11.3 Å². The van der Waals surface area contributed by atoms with Crippen LogP contribution in [0.2, 0.25) is 0 Å². The summed E-state index contributed by atoms with van der Waals surface area (Å²) in [6, 6.07) is 4.26. The topological polar surface area (TPSA) is 51.2 Å². The smallest absolute Gasteiger partial charge is 0.0950 e. The molecule has 15 heavy (non-hydrogen) atoms. The zero-order valence-electron chi connectivity index (χ0n) is 8.35. The Hall–Kier alpha value is -1.10. The van der Waals surface area contributed by atoms with E-state index >= 15 is 0 Å². The van der Waals surface area contributed by atoms with Gasteiger partial charge in [-0.05, 0) is 41.3 Å². The fourth-order valence-electron chi connectivity index (χ4n) is 1.57. The summed E-state index contributed by atoms with van der Waals surface area (Å²) in [5, 5.41) is 4.26. The van der Waals surface area contributed by atoms with Crippen LogP contribution in [-0.4, -0.2) is 0 Å². The van der Waals surface area contributed by atoms with Gasteiger partial charge >= 0.3 is 0 Å². The largest absolute Gasteiger partial charge is 0.472 e. The van der Waals surface area contributed by atoms with Gasteiger partial charge in [0.15, 0.2) is 0 Å². The molecule has 0 aliphatic rings. The second-order valence-electron chi connectivity index (χ2n) is 3.45. The Labute approximate surface area is 92.9 Å². The van der Waals surface area contributed by atoms with E-state index in [1.54, 1.807) is 23.9 Å². The van der Waals surface area contributed by atoms with E-state index in [2.05, 4.69) is 22.3 Å². The molecular weight excluding hydrogens is 208 g/mol. The number of aryl methyl sites for hydroxylation is 1. The molecule has 0 spiro atoms. The van der Waals surface area contributed by atoms with Crippen molar-refractivity contribution in [1.29, 1.82) is 0 Å². The third kappa shape index (κ3) is 2.68. The minimum atomic E-state index is 0.170. The number of nitrogens with one attached hydrogen (secondary N) is 1. The van der Waals surface area contributed by atoms with Gasteiger partial charge in [-0.25, -0.2) is 0 Å². The lowest BCUT2D eigenvalue weighted by Gasteiger charge is -2.12. The number of thiophene rings is 1. The summed E-state index contributed by atoms with van der Waals surface area (Å²) in [5.41, 5.74) is 5.28. The maximum absolute atomic E-state index is 5.51. The lowest BCUT2D eigenvalue weighted by molar-refractivity contribution is 0.502. The summed E-state index contributed by atoms with van der Waals surface area (Å²) in [5.74, 6) is 5.51. The van der Waals surface area contributed by atoms with E-state index in [9.17, 15) is 0 Å². The Bertz CT molecular complexity index is 369. The molecule has 3 N–H and O–H groups in total. The minimum Gasteiger partial charge on any atom is -0.472 e. The molecule has 2 aromatic heterocycles. The first-order chi connectivity index (χ1) is 7.40. The normalized spacial score (nSPS) is 12.9. The summed E-state index contributed by atoms with van der Waals surface area (Å²) in [6.07, 6.45) is 5.42. The fourth-order valence-corrected chi connectivity index (χ4v) is 2.27. The van der Waals surface area contributed by atoms with Crippen LogP contribution in [-0.2, 0) is 6.42 Å². The average Bonchev–Trinajstić information content (AvgIpc) is 2.90. The summed E-state index contributed by atoms with van der Waals surface area (Å²) in [7, 11) is 0. The van der Waals surface area contributed by atoms with Gasteiger partial charge in [0.1, 0.15) is 0 Å². The summed E-state index contributed by atoms with van der Waals surface area (Å²) in [4.78, 5) is 0. The van der Waals surface area contributed by atoms with E-state index in [0.29, 0.717) is 0 Å². The quantitative estimate of drug-likeness (QED) is 0.603. The third-order valence-electron chi connectivity index (χ3n) is 2.45. The summed E-state index contributed by atoms with van der Waals surface area (Å²) < 4.78 is 5.04. The van der Waals surface area contributed by atoms with E-state index in [0.717, 1.165) is 18.4 Å². The average molecular weight is 222 g/mol. The van der Waals surface area contributed by atoms with Crippen molar-refractivity contribution >= 4 is 11.3 Å². The second kappa shape index (κ2) is 5.11. The molecule has 4 heteroatoms. The Morgan fingerprint density at radius 3 is 3.00 bits per heavy atom. The molecular formula is C11H14N2OS. The van der Waals surface area contributed by atoms with Crippen LogP contribution in [0.15, 0.2) is 39.8 Å². The number of hydrazine groups is 1. The summed E-state index contributed by atoms with van der Waals surface area (Å²) in [6.45, 7) is 0. The van der Waals surface area contributed by atoms with Gasteiger partial charge in [0.25, 0.3) is 0 Å². The molecule has 0 fully saturated rings. The van der Waals surface area contributed by atoms with Gasteiger partial charge in [-0.2, -0.15) is 11.3 Å². The van der Waals surface area contributed by atoms with Crippen molar-refractivity contribution < 1.29 is 4.42 Å². The van der Waals surface area contributed by atoms with E-state index in [1.807, 2.05) is 6.07 Å². The van der Waals surface area contributed by atoms with Crippen LogP contribution < -0.4 is 11.3 Å². The molecule has 2 heterocycles. The first-order valence-corrected chi connectivity index (χ1v) is 5.83. The zero-order valence-corrected chi connectivity index (χ0v) is 9.17. The van der Waals surface area contributed by atoms with E-state index in [-0.39, 0.29) is 6.04 Å². The molecule has 1 unspecified atom stereocenters. The lowest BCUT2D eigenvalue weighted by Crippen LogP contribution is -2.28. The number of rotatable bonds is 5. The van der Waals surface area contributed by atoms with Crippen molar-refractivity contribution in [1.82, 2.24) is 5.43 Å². The zero-order chi connectivity index (χ0) is 10.5. The number of nitrogens with two attached hydrogens (primary N) is 1. The first kappa shape index (κ1) is 10.4. The molecule has 2 aromatic rings. The highest BCUT2D eigenvalue weighted by atomic mass is 32.1. The Balaban J connectivity index is 1.92. The van der Waals surface area contributed by atoms with Crippen LogP contribution in [0.25, 0.3) is 0 Å². The van der Waals surface area contributed by atoms with Gasteiger partial charge < -0.3 is 4.42 Å². The highest BCUT2D eigenvalue weighted by molar-refractivity contribution is 7.07. The van der Waals surface area contributed by atoms with Gasteiger partial charge in [-0.1, -0.05) is 0 Å². The Morgan fingerprint density at radius 1 is 1.47 bits per heavy atom. The van der Waals surface area contributed by atoms with E-state index < -0.39 is 0 Å². The van der Waals surface area contributed by atoms with Gasteiger partial charge in [0.05, 0.1) is 12.5 Å². The fraction of sp³-hybridized carbons (Fsp3) is 0.273. The molecule has 0 saturated carbocycles. The predicted molar refractivity (Wildman–Crippen MR) is 61.4 cm³/mol. The van der Waals surface area contributed by atoms with Crippen molar-refractivity contribution in [3.63, 3.8) is 0 Å². The van der Waals surface area contributed by atoms with Crippen molar-refractivity contribution in [2.24, 2.45) is 5.84 Å². The molecule has 0 aliphatic heterocycles. The SMILES string of the molecule is NNC(CCc1ccsc1)c1ccoc1. The molecule has 0 bridgehead atoms. The number of hydrogen-bond acceptors (Lipinski definition) is 4. The Kier molecular flexibility index (Phi) is 3.55. The van der Waals surface area contributed by atoms with Crippen molar-refractivity contribution in [3.05, 3.63) is 46.5 Å². The van der Waals surface area contributed by atoms with Crippen molar-refractivity contribution in [2.75, 3.05) is 0 Å². The van der Waals surface area contributed by atoms with Gasteiger partial charge in [0.2, 0.25) is 0 Å². The lowest BCUT2D eigenvalue weighted by atomic mass is 10.0. The first-order valence-electron chi connectivity index (χ1n) is 4.89. The van der Waals surface area contributed by atoms with Gasteiger partial charge in [0, 0.05) is 11.6 Å². The highest BCUT2D eigenvalue weighted by Gasteiger charge is 2.10. The molecule has 0 aromatic carbocycles. The maximum Gasteiger partial charge on any atom is 0.0950 e. The van der Waals surface area contributed by atoms with Crippen molar-refractivity contribution in [3.8, 4) is 0 Å². The van der Waals surface area contributed by atoms with Crippen LogP contribution in [0.3, 0.4) is 0 Å². The standard InChI is InChI=1S/C11H14N2OS/c12-13-11(10-3-5-14-7-10)2-1-9-4-6-15-8-9/h3-8,11,13H,1-2,12H2. The van der Waals surface area contributed by atoms with Crippen LogP contribution in [0.4, 0.5) is 0 Å². The minimum absolute atomic E-state index is 0.170. The van der Waals surface area contributed by atoms with Crippen LogP contribution >= 0.6 is 11.3 Å². The predicted octanol–water partition coefficient (Wildman–Crippen LogP) is 2.48. The molecule has 0 amide bonds. The molecule has 0 saturated heterocycles. The molecule has 0 radical (unpaired) electrons. The molecule has 2 rings (SSSR count). The van der Waals surface area contributed by atoms with Crippen LogP contribution in [0.5, 0.6) is 0 Å².